The van der Waals surface area contributed by atoms with Crippen molar-refractivity contribution in [3.63, 3.8) is 0 Å². The van der Waals surface area contributed by atoms with Crippen molar-refractivity contribution in [2.24, 2.45) is 5.92 Å². The Morgan fingerprint density at radius 2 is 2.06 bits per heavy atom. The van der Waals surface area contributed by atoms with E-state index in [0.717, 1.165) is 26.3 Å². The number of aliphatic hydroxyl groups excluding tert-OH is 1. The molecule has 4 heteroatoms. The van der Waals surface area contributed by atoms with Gasteiger partial charge in [0.1, 0.15) is 0 Å². The van der Waals surface area contributed by atoms with Gasteiger partial charge in [0, 0.05) is 25.7 Å². The minimum absolute atomic E-state index is 0.0673. The van der Waals surface area contributed by atoms with Gasteiger partial charge in [0.05, 0.1) is 18.8 Å². The van der Waals surface area contributed by atoms with Gasteiger partial charge in [-0.3, -0.25) is 0 Å². The lowest BCUT2D eigenvalue weighted by Gasteiger charge is -2.37. The number of hydrogen-bond donors (Lipinski definition) is 2. The smallest absolute Gasteiger partial charge is 0.0628 e. The van der Waals surface area contributed by atoms with E-state index in [9.17, 15) is 5.11 Å². The predicted octanol–water partition coefficient (Wildman–Crippen LogP) is 0.848. The number of nitrogens with zero attached hydrogens (tertiary/aromatic N) is 1. The van der Waals surface area contributed by atoms with Crippen molar-refractivity contribution in [2.45, 2.75) is 44.2 Å². The van der Waals surface area contributed by atoms with E-state index in [4.69, 9.17) is 4.74 Å². The molecule has 1 atom stereocenters. The Kier molecular flexibility index (Phi) is 5.01. The fraction of sp³-hybridized carbons (Fsp3) is 1.00. The second kappa shape index (κ2) is 6.33. The van der Waals surface area contributed by atoms with Crippen LogP contribution in [0.25, 0.3) is 0 Å². The maximum Gasteiger partial charge on any atom is 0.0628 e. The SMILES string of the molecule is CCOCCN(C)CC(CO)(NC1CC1)C1CC1. The minimum atomic E-state index is -0.0673. The average Bonchev–Trinajstić information content (AvgIpc) is 3.21. The molecule has 0 bridgehead atoms. The van der Waals surface area contributed by atoms with Crippen LogP contribution in [-0.2, 0) is 4.74 Å². The quantitative estimate of drug-likeness (QED) is 0.569. The number of nitrogens with one attached hydrogen (secondary N) is 1. The molecular weight excluding hydrogens is 228 g/mol. The van der Waals surface area contributed by atoms with Crippen molar-refractivity contribution in [3.05, 3.63) is 0 Å². The van der Waals surface area contributed by atoms with Crippen LogP contribution in [0.15, 0.2) is 0 Å². The molecule has 2 fully saturated rings. The highest BCUT2D eigenvalue weighted by molar-refractivity contribution is 5.05. The highest BCUT2D eigenvalue weighted by Crippen LogP contribution is 2.41. The molecule has 2 aliphatic carbocycles. The zero-order valence-electron chi connectivity index (χ0n) is 11.8. The molecule has 0 heterocycles. The topological polar surface area (TPSA) is 44.7 Å². The van der Waals surface area contributed by atoms with Gasteiger partial charge in [-0.15, -0.1) is 0 Å². The van der Waals surface area contributed by atoms with Gasteiger partial charge in [0.25, 0.3) is 0 Å². The molecule has 0 saturated heterocycles. The Bertz CT molecular complexity index is 254. The van der Waals surface area contributed by atoms with Crippen molar-refractivity contribution < 1.29 is 9.84 Å². The van der Waals surface area contributed by atoms with Crippen LogP contribution in [0.3, 0.4) is 0 Å². The second-order valence-electron chi connectivity index (χ2n) is 5.94. The van der Waals surface area contributed by atoms with E-state index in [2.05, 4.69) is 17.3 Å². The normalized spacial score (nSPS) is 23.3. The summed E-state index contributed by atoms with van der Waals surface area (Å²) in [5.74, 6) is 0.664. The zero-order valence-corrected chi connectivity index (χ0v) is 11.8. The second-order valence-corrected chi connectivity index (χ2v) is 5.94. The molecule has 0 aromatic rings. The van der Waals surface area contributed by atoms with E-state index in [1.807, 2.05) is 6.92 Å². The van der Waals surface area contributed by atoms with E-state index in [1.54, 1.807) is 0 Å². The molecule has 0 amide bonds. The third-order valence-corrected chi connectivity index (χ3v) is 4.08. The van der Waals surface area contributed by atoms with Gasteiger partial charge < -0.3 is 20.1 Å². The number of rotatable bonds is 10. The standard InChI is InChI=1S/C14H28N2O2/c1-3-18-9-8-16(2)10-14(11-17,12-4-5-12)15-13-6-7-13/h12-13,15,17H,3-11H2,1-2H3. The lowest BCUT2D eigenvalue weighted by molar-refractivity contribution is 0.0755. The molecule has 0 aliphatic heterocycles. The van der Waals surface area contributed by atoms with Gasteiger partial charge in [-0.05, 0) is 45.6 Å². The first-order valence-corrected chi connectivity index (χ1v) is 7.35. The van der Waals surface area contributed by atoms with Gasteiger partial charge in [-0.2, -0.15) is 0 Å². The molecule has 4 nitrogen and oxygen atoms in total. The number of likely N-dealkylation sites (N-methyl/N-ethyl adjacent to an activating group) is 1. The van der Waals surface area contributed by atoms with E-state index in [0.29, 0.717) is 12.0 Å². The van der Waals surface area contributed by atoms with Gasteiger partial charge >= 0.3 is 0 Å². The van der Waals surface area contributed by atoms with Crippen LogP contribution >= 0.6 is 0 Å². The molecule has 0 aromatic heterocycles. The first kappa shape index (κ1) is 14.3. The molecule has 0 radical (unpaired) electrons. The molecule has 0 spiro atoms. The van der Waals surface area contributed by atoms with Gasteiger partial charge in [0.2, 0.25) is 0 Å². The maximum absolute atomic E-state index is 9.86. The summed E-state index contributed by atoms with van der Waals surface area (Å²) in [6.45, 7) is 5.71. The first-order chi connectivity index (χ1) is 8.70. The van der Waals surface area contributed by atoms with Gasteiger partial charge in [-0.25, -0.2) is 0 Å². The average molecular weight is 256 g/mol. The summed E-state index contributed by atoms with van der Waals surface area (Å²) in [5, 5.41) is 13.6. The van der Waals surface area contributed by atoms with Crippen molar-refractivity contribution >= 4 is 0 Å². The summed E-state index contributed by atoms with van der Waals surface area (Å²) in [4.78, 5) is 2.29. The Morgan fingerprint density at radius 3 is 2.56 bits per heavy atom. The Labute approximate surface area is 111 Å². The van der Waals surface area contributed by atoms with Crippen LogP contribution in [0, 0.1) is 5.92 Å². The molecular formula is C14H28N2O2. The Hall–Kier alpha value is -0.160. The summed E-state index contributed by atoms with van der Waals surface area (Å²) < 4.78 is 5.40. The molecule has 18 heavy (non-hydrogen) atoms. The monoisotopic (exact) mass is 256 g/mol. The number of ether oxygens (including phenoxy) is 1. The summed E-state index contributed by atoms with van der Waals surface area (Å²) in [5.41, 5.74) is -0.0673. The predicted molar refractivity (Wildman–Crippen MR) is 72.7 cm³/mol. The number of aliphatic hydroxyl groups is 1. The molecule has 2 saturated carbocycles. The summed E-state index contributed by atoms with van der Waals surface area (Å²) in [7, 11) is 2.13. The summed E-state index contributed by atoms with van der Waals surface area (Å²) >= 11 is 0. The van der Waals surface area contributed by atoms with Crippen LogP contribution in [0.2, 0.25) is 0 Å². The molecule has 106 valence electrons. The molecule has 2 N–H and O–H groups in total. The van der Waals surface area contributed by atoms with E-state index in [1.165, 1.54) is 25.7 Å². The highest BCUT2D eigenvalue weighted by atomic mass is 16.5. The van der Waals surface area contributed by atoms with Crippen molar-refractivity contribution in [3.8, 4) is 0 Å². The van der Waals surface area contributed by atoms with Crippen LogP contribution in [0.1, 0.15) is 32.6 Å². The Morgan fingerprint density at radius 1 is 1.33 bits per heavy atom. The maximum atomic E-state index is 9.86. The molecule has 2 aliphatic rings. The van der Waals surface area contributed by atoms with Crippen molar-refractivity contribution in [1.82, 2.24) is 10.2 Å². The lowest BCUT2D eigenvalue weighted by atomic mass is 9.93. The molecule has 0 aromatic carbocycles. The van der Waals surface area contributed by atoms with E-state index in [-0.39, 0.29) is 12.1 Å². The lowest BCUT2D eigenvalue weighted by Crippen LogP contribution is -2.58. The van der Waals surface area contributed by atoms with Gasteiger partial charge in [0.15, 0.2) is 0 Å². The summed E-state index contributed by atoms with van der Waals surface area (Å²) in [6, 6.07) is 0.651. The van der Waals surface area contributed by atoms with Crippen LogP contribution < -0.4 is 5.32 Å². The minimum Gasteiger partial charge on any atom is -0.394 e. The number of hydrogen-bond acceptors (Lipinski definition) is 4. The van der Waals surface area contributed by atoms with Crippen LogP contribution in [-0.4, -0.2) is 61.5 Å². The van der Waals surface area contributed by atoms with E-state index < -0.39 is 0 Å². The largest absolute Gasteiger partial charge is 0.394 e. The van der Waals surface area contributed by atoms with Gasteiger partial charge in [-0.1, -0.05) is 0 Å². The fourth-order valence-electron chi connectivity index (χ4n) is 2.71. The van der Waals surface area contributed by atoms with Crippen molar-refractivity contribution in [2.75, 3.05) is 40.0 Å². The van der Waals surface area contributed by atoms with Crippen LogP contribution in [0.5, 0.6) is 0 Å². The Balaban J connectivity index is 1.83. The first-order valence-electron chi connectivity index (χ1n) is 7.35. The highest BCUT2D eigenvalue weighted by Gasteiger charge is 2.47. The van der Waals surface area contributed by atoms with Crippen LogP contribution in [0.4, 0.5) is 0 Å². The fourth-order valence-corrected chi connectivity index (χ4v) is 2.71. The molecule has 2 rings (SSSR count). The molecule has 1 unspecified atom stereocenters. The third kappa shape index (κ3) is 3.92. The third-order valence-electron chi connectivity index (χ3n) is 4.08. The zero-order chi connectivity index (χ0) is 13.0. The van der Waals surface area contributed by atoms with Crippen molar-refractivity contribution in [1.29, 1.82) is 0 Å². The summed E-state index contributed by atoms with van der Waals surface area (Å²) in [6.07, 6.45) is 5.08. The van der Waals surface area contributed by atoms with E-state index >= 15 is 0 Å².